The number of hydrogen-bond acceptors (Lipinski definition) is 1. The minimum atomic E-state index is -0.494. The van der Waals surface area contributed by atoms with Gasteiger partial charge >= 0.3 is 0 Å². The molecule has 0 saturated heterocycles. The maximum Gasteiger partial charge on any atom is 0.154 e. The number of carbonyl (C=O) groups excluding carboxylic acids is 1. The third-order valence-corrected chi connectivity index (χ3v) is 1.75. The van der Waals surface area contributed by atoms with Crippen LogP contribution in [-0.4, -0.2) is 6.29 Å². The van der Waals surface area contributed by atoms with Crippen molar-refractivity contribution in [3.8, 4) is 0 Å². The van der Waals surface area contributed by atoms with Crippen molar-refractivity contribution in [2.45, 2.75) is 26.7 Å². The lowest BCUT2D eigenvalue weighted by Crippen LogP contribution is -1.95. The number of hydrogen-bond donors (Lipinski definition) is 0. The molecule has 0 heterocycles. The van der Waals surface area contributed by atoms with Crippen molar-refractivity contribution < 1.29 is 9.18 Å². The van der Waals surface area contributed by atoms with E-state index in [0.717, 1.165) is 0 Å². The van der Waals surface area contributed by atoms with Gasteiger partial charge in [-0.2, -0.15) is 0 Å². The number of halogens is 2. The highest BCUT2D eigenvalue weighted by Gasteiger charge is 2.12. The molecule has 3 heteroatoms. The van der Waals surface area contributed by atoms with E-state index in [1.807, 2.05) is 13.8 Å². The number of carbonyl (C=O) groups is 1. The molecule has 1 rings (SSSR count). The molecule has 1 nitrogen and oxygen atoms in total. The molecule has 0 aliphatic heterocycles. The summed E-state index contributed by atoms with van der Waals surface area (Å²) in [6.07, 6.45) is 2.98. The van der Waals surface area contributed by atoms with E-state index in [2.05, 4.69) is 0 Å². The highest BCUT2D eigenvalue weighted by atomic mass is 35.5. The van der Waals surface area contributed by atoms with Crippen molar-refractivity contribution >= 4 is 17.9 Å². The van der Waals surface area contributed by atoms with E-state index in [4.69, 9.17) is 11.6 Å². The Labute approximate surface area is 76.9 Å². The van der Waals surface area contributed by atoms with Gasteiger partial charge in [0.25, 0.3) is 0 Å². The van der Waals surface area contributed by atoms with E-state index < -0.39 is 5.83 Å². The van der Waals surface area contributed by atoms with Crippen molar-refractivity contribution in [1.82, 2.24) is 0 Å². The molecule has 68 valence electrons. The quantitative estimate of drug-likeness (QED) is 0.580. The molecule has 0 amide bonds. The minimum Gasteiger partial charge on any atom is -0.298 e. The predicted molar refractivity (Wildman–Crippen MR) is 48.7 cm³/mol. The Morgan fingerprint density at radius 1 is 1.58 bits per heavy atom. The first-order valence-electron chi connectivity index (χ1n) is 3.95. The second-order valence-corrected chi connectivity index (χ2v) is 2.48. The van der Waals surface area contributed by atoms with E-state index in [1.165, 1.54) is 6.08 Å². The average molecular weight is 191 g/mol. The molecule has 0 N–H and O–H groups in total. The number of allylic oxidation sites excluding steroid dienone is 4. The summed E-state index contributed by atoms with van der Waals surface area (Å²) in [6.45, 7) is 4.00. The van der Waals surface area contributed by atoms with Gasteiger partial charge in [0, 0.05) is 5.03 Å². The van der Waals surface area contributed by atoms with E-state index in [-0.39, 0.29) is 5.57 Å². The van der Waals surface area contributed by atoms with Gasteiger partial charge in [0.1, 0.15) is 5.83 Å². The molecule has 0 radical (unpaired) electrons. The second-order valence-electron chi connectivity index (χ2n) is 2.03. The Morgan fingerprint density at radius 3 is 2.50 bits per heavy atom. The lowest BCUT2D eigenvalue weighted by molar-refractivity contribution is -0.104. The molecule has 0 spiro atoms. The van der Waals surface area contributed by atoms with Crippen LogP contribution in [0.4, 0.5) is 4.39 Å². The van der Waals surface area contributed by atoms with Crippen LogP contribution >= 0.6 is 11.6 Å². The number of aldehydes is 1. The summed E-state index contributed by atoms with van der Waals surface area (Å²) in [5.41, 5.74) is 0.00733. The zero-order chi connectivity index (χ0) is 9.56. The van der Waals surface area contributed by atoms with Crippen molar-refractivity contribution in [3.05, 3.63) is 22.5 Å². The lowest BCUT2D eigenvalue weighted by atomic mass is 10.1. The summed E-state index contributed by atoms with van der Waals surface area (Å²) < 4.78 is 12.6. The fraction of sp³-hybridized carbons (Fsp3) is 0.444. The molecular weight excluding hydrogens is 179 g/mol. The normalized spacial score (nSPS) is 16.2. The summed E-state index contributed by atoms with van der Waals surface area (Å²) in [5.74, 6) is -0.494. The first-order valence-corrected chi connectivity index (χ1v) is 4.33. The maximum absolute atomic E-state index is 12.6. The molecule has 0 unspecified atom stereocenters. The Morgan fingerprint density at radius 2 is 2.17 bits per heavy atom. The molecule has 0 bridgehead atoms. The Bertz CT molecular complexity index is 219. The van der Waals surface area contributed by atoms with Crippen molar-refractivity contribution in [2.75, 3.05) is 0 Å². The van der Waals surface area contributed by atoms with Crippen LogP contribution in [0.25, 0.3) is 0 Å². The van der Waals surface area contributed by atoms with Crippen LogP contribution in [0.5, 0.6) is 0 Å². The van der Waals surface area contributed by atoms with Gasteiger partial charge in [-0.25, -0.2) is 4.39 Å². The number of rotatable bonds is 1. The van der Waals surface area contributed by atoms with Gasteiger partial charge in [-0.3, -0.25) is 4.79 Å². The largest absolute Gasteiger partial charge is 0.298 e. The Balaban J connectivity index is 0.000000561. The third kappa shape index (κ3) is 2.78. The molecule has 0 aromatic rings. The average Bonchev–Trinajstić information content (AvgIpc) is 2.08. The standard InChI is InChI=1S/C7H6ClFO.C2H6/c8-6-2-1-3-7(9)5(6)4-10;1-2/h3-4H,1-2H2;1-2H3. The van der Waals surface area contributed by atoms with E-state index in [1.54, 1.807) is 0 Å². The molecule has 1 aliphatic carbocycles. The van der Waals surface area contributed by atoms with Gasteiger partial charge in [0.2, 0.25) is 0 Å². The first-order chi connectivity index (χ1) is 5.75. The van der Waals surface area contributed by atoms with Gasteiger partial charge < -0.3 is 0 Å². The summed E-state index contributed by atoms with van der Waals surface area (Å²) in [6, 6.07) is 0. The molecule has 0 aromatic carbocycles. The molecule has 0 atom stereocenters. The molecule has 0 saturated carbocycles. The SMILES string of the molecule is CC.O=CC1=C(Cl)CCC=C1F. The van der Waals surface area contributed by atoms with Crippen LogP contribution in [0.1, 0.15) is 26.7 Å². The van der Waals surface area contributed by atoms with Crippen LogP contribution in [0.2, 0.25) is 0 Å². The fourth-order valence-electron chi connectivity index (χ4n) is 0.820. The van der Waals surface area contributed by atoms with Crippen LogP contribution in [0.15, 0.2) is 22.5 Å². The van der Waals surface area contributed by atoms with E-state index >= 15 is 0 Å². The topological polar surface area (TPSA) is 17.1 Å². The molecule has 0 fully saturated rings. The van der Waals surface area contributed by atoms with Crippen molar-refractivity contribution in [3.63, 3.8) is 0 Å². The van der Waals surface area contributed by atoms with Gasteiger partial charge in [-0.1, -0.05) is 25.4 Å². The van der Waals surface area contributed by atoms with Crippen LogP contribution in [0, 0.1) is 0 Å². The maximum atomic E-state index is 12.6. The first kappa shape index (κ1) is 11.4. The zero-order valence-corrected chi connectivity index (χ0v) is 7.99. The molecule has 12 heavy (non-hydrogen) atoms. The Kier molecular flexibility index (Phi) is 5.64. The summed E-state index contributed by atoms with van der Waals surface area (Å²) in [4.78, 5) is 10.2. The smallest absolute Gasteiger partial charge is 0.154 e. The molecular formula is C9H12ClFO. The molecule has 1 aliphatic rings. The highest BCUT2D eigenvalue weighted by Crippen LogP contribution is 2.26. The second kappa shape index (κ2) is 5.95. The van der Waals surface area contributed by atoms with Crippen molar-refractivity contribution in [2.24, 2.45) is 0 Å². The van der Waals surface area contributed by atoms with E-state index in [0.29, 0.717) is 24.2 Å². The minimum absolute atomic E-state index is 0.00733. The van der Waals surface area contributed by atoms with Gasteiger partial charge in [-0.15, -0.1) is 0 Å². The third-order valence-electron chi connectivity index (χ3n) is 1.35. The van der Waals surface area contributed by atoms with Crippen molar-refractivity contribution in [1.29, 1.82) is 0 Å². The van der Waals surface area contributed by atoms with Gasteiger partial charge in [-0.05, 0) is 18.9 Å². The summed E-state index contributed by atoms with van der Waals surface area (Å²) in [5, 5.41) is 0.329. The monoisotopic (exact) mass is 190 g/mol. The summed E-state index contributed by atoms with van der Waals surface area (Å²) >= 11 is 5.55. The fourth-order valence-corrected chi connectivity index (χ4v) is 1.06. The zero-order valence-electron chi connectivity index (χ0n) is 7.23. The highest BCUT2D eigenvalue weighted by molar-refractivity contribution is 6.31. The van der Waals surface area contributed by atoms with E-state index in [9.17, 15) is 9.18 Å². The van der Waals surface area contributed by atoms with Crippen LogP contribution < -0.4 is 0 Å². The van der Waals surface area contributed by atoms with Crippen LogP contribution in [0.3, 0.4) is 0 Å². The summed E-state index contributed by atoms with van der Waals surface area (Å²) in [7, 11) is 0. The predicted octanol–water partition coefficient (Wildman–Crippen LogP) is 3.35. The lowest BCUT2D eigenvalue weighted by Gasteiger charge is -2.06. The van der Waals surface area contributed by atoms with Gasteiger partial charge in [0.15, 0.2) is 6.29 Å². The Hall–Kier alpha value is -0.630. The molecule has 0 aromatic heterocycles. The van der Waals surface area contributed by atoms with Gasteiger partial charge in [0.05, 0.1) is 5.57 Å². The van der Waals surface area contributed by atoms with Crippen LogP contribution in [-0.2, 0) is 4.79 Å².